The second kappa shape index (κ2) is 11.1. The SMILES string of the molecule is COc1ccccc1CN1C(=O)N(c2cccc(C(F)(F)F)c2)[C@H](N(O)C(=O)Nc2cccc(C(F)(F)F)c2)C1(C)C. The molecule has 0 bridgehead atoms. The largest absolute Gasteiger partial charge is 0.496 e. The second-order valence-electron chi connectivity index (χ2n) is 9.98. The Morgan fingerprint density at radius 3 is 2.17 bits per heavy atom. The zero-order valence-electron chi connectivity index (χ0n) is 22.5. The number of rotatable bonds is 6. The third-order valence-electron chi connectivity index (χ3n) is 6.86. The van der Waals surface area contributed by atoms with E-state index in [1.54, 1.807) is 24.3 Å². The Balaban J connectivity index is 1.76. The minimum Gasteiger partial charge on any atom is -0.496 e. The van der Waals surface area contributed by atoms with E-state index in [1.807, 2.05) is 0 Å². The first-order valence-electron chi connectivity index (χ1n) is 12.4. The summed E-state index contributed by atoms with van der Waals surface area (Å²) in [4.78, 5) is 29.1. The van der Waals surface area contributed by atoms with Crippen LogP contribution in [0.3, 0.4) is 0 Å². The van der Waals surface area contributed by atoms with Gasteiger partial charge in [0, 0.05) is 16.9 Å². The van der Waals surface area contributed by atoms with E-state index in [-0.39, 0.29) is 23.0 Å². The van der Waals surface area contributed by atoms with Crippen LogP contribution in [0.2, 0.25) is 0 Å². The number of halogens is 6. The van der Waals surface area contributed by atoms with Gasteiger partial charge in [0.1, 0.15) is 5.75 Å². The number of nitrogens with zero attached hydrogens (tertiary/aromatic N) is 3. The minimum absolute atomic E-state index is 0.0840. The summed E-state index contributed by atoms with van der Waals surface area (Å²) in [7, 11) is 1.42. The van der Waals surface area contributed by atoms with Crippen molar-refractivity contribution in [1.82, 2.24) is 9.96 Å². The quantitative estimate of drug-likeness (QED) is 0.179. The normalized spacial score (nSPS) is 16.9. The molecule has 0 saturated carbocycles. The predicted octanol–water partition coefficient (Wildman–Crippen LogP) is 7.20. The molecule has 1 saturated heterocycles. The number of urea groups is 2. The molecule has 8 nitrogen and oxygen atoms in total. The highest BCUT2D eigenvalue weighted by molar-refractivity contribution is 5.98. The molecule has 3 aromatic carbocycles. The predicted molar refractivity (Wildman–Crippen MR) is 140 cm³/mol. The molecule has 0 aromatic heterocycles. The maximum Gasteiger partial charge on any atom is 0.416 e. The van der Waals surface area contributed by atoms with Crippen LogP contribution in [0.4, 0.5) is 47.3 Å². The van der Waals surface area contributed by atoms with E-state index in [4.69, 9.17) is 4.74 Å². The van der Waals surface area contributed by atoms with Crippen LogP contribution in [0, 0.1) is 0 Å². The van der Waals surface area contributed by atoms with Crippen LogP contribution < -0.4 is 15.0 Å². The second-order valence-corrected chi connectivity index (χ2v) is 9.98. The summed E-state index contributed by atoms with van der Waals surface area (Å²) in [6.07, 6.45) is -11.1. The van der Waals surface area contributed by atoms with Crippen LogP contribution in [-0.4, -0.2) is 46.0 Å². The zero-order chi connectivity index (χ0) is 31.0. The fourth-order valence-electron chi connectivity index (χ4n) is 4.77. The number of alkyl halides is 6. The van der Waals surface area contributed by atoms with Crippen LogP contribution in [0.15, 0.2) is 72.8 Å². The van der Waals surface area contributed by atoms with Gasteiger partial charge in [-0.3, -0.25) is 10.1 Å². The van der Waals surface area contributed by atoms with Gasteiger partial charge in [-0.1, -0.05) is 30.3 Å². The van der Waals surface area contributed by atoms with Gasteiger partial charge in [-0.15, -0.1) is 0 Å². The summed E-state index contributed by atoms with van der Waals surface area (Å²) in [6, 6.07) is 12.0. The molecule has 224 valence electrons. The highest BCUT2D eigenvalue weighted by atomic mass is 19.4. The molecule has 1 atom stereocenters. The lowest BCUT2D eigenvalue weighted by Crippen LogP contribution is -2.58. The van der Waals surface area contributed by atoms with Crippen molar-refractivity contribution < 1.29 is 45.9 Å². The monoisotopic (exact) mass is 596 g/mol. The molecule has 0 aliphatic carbocycles. The number of hydroxylamine groups is 2. The van der Waals surface area contributed by atoms with Crippen LogP contribution in [0.1, 0.15) is 30.5 Å². The molecule has 1 fully saturated rings. The van der Waals surface area contributed by atoms with Crippen LogP contribution in [0.25, 0.3) is 0 Å². The van der Waals surface area contributed by atoms with Gasteiger partial charge in [0.25, 0.3) is 0 Å². The molecule has 4 amide bonds. The van der Waals surface area contributed by atoms with Crippen molar-refractivity contribution in [1.29, 1.82) is 0 Å². The Labute approximate surface area is 236 Å². The van der Waals surface area contributed by atoms with Crippen molar-refractivity contribution in [2.24, 2.45) is 0 Å². The van der Waals surface area contributed by atoms with Crippen LogP contribution in [0.5, 0.6) is 5.75 Å². The van der Waals surface area contributed by atoms with E-state index in [2.05, 4.69) is 5.32 Å². The van der Waals surface area contributed by atoms with Gasteiger partial charge in [0.15, 0.2) is 6.17 Å². The first-order chi connectivity index (χ1) is 19.6. The highest BCUT2D eigenvalue weighted by Gasteiger charge is 2.56. The van der Waals surface area contributed by atoms with Crippen molar-refractivity contribution >= 4 is 23.4 Å². The highest BCUT2D eigenvalue weighted by Crippen LogP contribution is 2.41. The van der Waals surface area contributed by atoms with Crippen LogP contribution >= 0.6 is 0 Å². The topological polar surface area (TPSA) is 85.3 Å². The molecule has 0 unspecified atom stereocenters. The molecule has 42 heavy (non-hydrogen) atoms. The molecule has 1 heterocycles. The maximum absolute atomic E-state index is 13.9. The summed E-state index contributed by atoms with van der Waals surface area (Å²) >= 11 is 0. The number of ether oxygens (including phenoxy) is 1. The third kappa shape index (κ3) is 5.93. The molecule has 1 aliphatic rings. The third-order valence-corrected chi connectivity index (χ3v) is 6.86. The summed E-state index contributed by atoms with van der Waals surface area (Å²) < 4.78 is 85.6. The molecule has 2 N–H and O–H groups in total. The first kappa shape index (κ1) is 30.5. The number of hydrogen-bond acceptors (Lipinski definition) is 4. The Morgan fingerprint density at radius 1 is 0.952 bits per heavy atom. The lowest BCUT2D eigenvalue weighted by Gasteiger charge is -2.38. The van der Waals surface area contributed by atoms with Gasteiger partial charge in [-0.25, -0.2) is 9.59 Å². The summed E-state index contributed by atoms with van der Waals surface area (Å²) in [5.74, 6) is 0.415. The van der Waals surface area contributed by atoms with Gasteiger partial charge in [0.2, 0.25) is 0 Å². The molecule has 14 heteroatoms. The number of amides is 4. The summed E-state index contributed by atoms with van der Waals surface area (Å²) in [6.45, 7) is 2.85. The van der Waals surface area contributed by atoms with Gasteiger partial charge < -0.3 is 15.0 Å². The lowest BCUT2D eigenvalue weighted by molar-refractivity contribution is -0.138. The number of benzene rings is 3. The van der Waals surface area contributed by atoms with Crippen molar-refractivity contribution in [2.75, 3.05) is 17.3 Å². The van der Waals surface area contributed by atoms with E-state index < -0.39 is 47.2 Å². The number of para-hydroxylation sites is 1. The van der Waals surface area contributed by atoms with Gasteiger partial charge in [0.05, 0.1) is 30.3 Å². The van der Waals surface area contributed by atoms with Crippen molar-refractivity contribution in [3.63, 3.8) is 0 Å². The van der Waals surface area contributed by atoms with E-state index in [9.17, 15) is 41.1 Å². The Bertz CT molecular complexity index is 1480. The standard InChI is InChI=1S/C28H26F6N4O4/c1-26(2)23(38(41)24(39)35-20-11-6-9-18(14-20)27(29,30)31)37(21-12-7-10-19(15-21)28(32,33)34)25(40)36(26)16-17-8-4-5-13-22(17)42-3/h4-15,23,41H,16H2,1-3H3,(H,35,39)/t23-/m1/s1. The van der Waals surface area contributed by atoms with Crippen LogP contribution in [-0.2, 0) is 18.9 Å². The number of carbonyl (C=O) groups is 2. The zero-order valence-corrected chi connectivity index (χ0v) is 22.5. The summed E-state index contributed by atoms with van der Waals surface area (Å²) in [5, 5.41) is 13.4. The number of hydrogen-bond donors (Lipinski definition) is 2. The van der Waals surface area contributed by atoms with E-state index in [0.29, 0.717) is 23.4 Å². The molecule has 0 spiro atoms. The minimum atomic E-state index is -4.76. The average Bonchev–Trinajstić information content (AvgIpc) is 3.12. The van der Waals surface area contributed by atoms with Crippen molar-refractivity contribution in [3.05, 3.63) is 89.5 Å². The number of nitrogens with one attached hydrogen (secondary N) is 1. The van der Waals surface area contributed by atoms with Gasteiger partial charge in [-0.05, 0) is 56.3 Å². The Hall–Kier alpha value is -4.46. The number of anilines is 2. The number of carbonyl (C=O) groups excluding carboxylic acids is 2. The van der Waals surface area contributed by atoms with E-state index in [0.717, 1.165) is 35.2 Å². The van der Waals surface area contributed by atoms with E-state index in [1.165, 1.54) is 31.9 Å². The molecule has 1 aliphatic heterocycles. The maximum atomic E-state index is 13.9. The first-order valence-corrected chi connectivity index (χ1v) is 12.4. The Kier molecular flexibility index (Phi) is 8.05. The molecule has 3 aromatic rings. The average molecular weight is 597 g/mol. The molecular formula is C28H26F6N4O4. The smallest absolute Gasteiger partial charge is 0.416 e. The van der Waals surface area contributed by atoms with Crippen molar-refractivity contribution in [3.8, 4) is 5.75 Å². The van der Waals surface area contributed by atoms with Gasteiger partial charge in [-0.2, -0.15) is 31.4 Å². The fourth-order valence-corrected chi connectivity index (χ4v) is 4.77. The summed E-state index contributed by atoms with van der Waals surface area (Å²) in [5.41, 5.74) is -3.66. The lowest BCUT2D eigenvalue weighted by atomic mass is 9.98. The molecule has 4 rings (SSSR count). The van der Waals surface area contributed by atoms with E-state index >= 15 is 0 Å². The molecular weight excluding hydrogens is 570 g/mol. The Morgan fingerprint density at radius 2 is 1.55 bits per heavy atom. The fraction of sp³-hybridized carbons (Fsp3) is 0.286. The van der Waals surface area contributed by atoms with Gasteiger partial charge >= 0.3 is 24.4 Å². The number of methoxy groups -OCH3 is 1. The van der Waals surface area contributed by atoms with Crippen molar-refractivity contribution in [2.45, 2.75) is 44.4 Å². The molecule has 0 radical (unpaired) electrons.